The van der Waals surface area contributed by atoms with Crippen molar-refractivity contribution in [2.45, 2.75) is 26.7 Å². The number of hydrogen-bond donors (Lipinski definition) is 0. The number of anilines is 1. The van der Waals surface area contributed by atoms with Crippen LogP contribution in [-0.2, 0) is 4.79 Å². The molecule has 5 heteroatoms. The highest BCUT2D eigenvalue weighted by molar-refractivity contribution is 5.76. The molecule has 0 unspecified atom stereocenters. The Morgan fingerprint density at radius 1 is 0.929 bits per heavy atom. The van der Waals surface area contributed by atoms with Crippen LogP contribution >= 0.6 is 0 Å². The minimum absolute atomic E-state index is 0.214. The molecule has 0 bridgehead atoms. The summed E-state index contributed by atoms with van der Waals surface area (Å²) in [5.74, 6) is 2.03. The van der Waals surface area contributed by atoms with E-state index in [1.165, 1.54) is 0 Å². The zero-order valence-corrected chi connectivity index (χ0v) is 16.9. The molecule has 1 aliphatic rings. The third kappa shape index (κ3) is 5.18. The predicted molar refractivity (Wildman–Crippen MR) is 112 cm³/mol. The Kier molecular flexibility index (Phi) is 7.18. The molecule has 1 aliphatic heterocycles. The lowest BCUT2D eigenvalue weighted by Crippen LogP contribution is -2.48. The monoisotopic (exact) mass is 382 g/mol. The lowest BCUT2D eigenvalue weighted by atomic mass is 10.2. The van der Waals surface area contributed by atoms with E-state index >= 15 is 0 Å². The zero-order chi connectivity index (χ0) is 19.8. The Bertz CT molecular complexity index is 770. The molecule has 5 nitrogen and oxygen atoms in total. The van der Waals surface area contributed by atoms with E-state index in [0.717, 1.165) is 55.3 Å². The largest absolute Gasteiger partial charge is 0.493 e. The number of carbonyl (C=O) groups is 1. The maximum absolute atomic E-state index is 12.5. The van der Waals surface area contributed by atoms with Gasteiger partial charge in [0.25, 0.3) is 0 Å². The molecule has 0 spiro atoms. The number of aryl methyl sites for hydroxylation is 1. The highest BCUT2D eigenvalue weighted by atomic mass is 16.5. The summed E-state index contributed by atoms with van der Waals surface area (Å²) in [6.45, 7) is 8.40. The van der Waals surface area contributed by atoms with Gasteiger partial charge in [0, 0.05) is 32.6 Å². The maximum atomic E-state index is 12.5. The van der Waals surface area contributed by atoms with Gasteiger partial charge in [-0.15, -0.1) is 0 Å². The quantitative estimate of drug-likeness (QED) is 0.650. The molecule has 28 heavy (non-hydrogen) atoms. The molecule has 0 aliphatic carbocycles. The van der Waals surface area contributed by atoms with Crippen LogP contribution in [0, 0.1) is 6.92 Å². The van der Waals surface area contributed by atoms with Crippen LogP contribution in [0.25, 0.3) is 0 Å². The second-order valence-corrected chi connectivity index (χ2v) is 6.99. The van der Waals surface area contributed by atoms with E-state index < -0.39 is 0 Å². The first-order chi connectivity index (χ1) is 13.7. The number of nitrogens with zero attached hydrogens (tertiary/aromatic N) is 2. The summed E-state index contributed by atoms with van der Waals surface area (Å²) in [6, 6.07) is 16.1. The first-order valence-corrected chi connectivity index (χ1v) is 10.1. The molecule has 1 amide bonds. The topological polar surface area (TPSA) is 42.0 Å². The molecule has 150 valence electrons. The number of hydrogen-bond acceptors (Lipinski definition) is 4. The summed E-state index contributed by atoms with van der Waals surface area (Å²) < 4.78 is 11.5. The van der Waals surface area contributed by atoms with Gasteiger partial charge in [-0.25, -0.2) is 0 Å². The van der Waals surface area contributed by atoms with Crippen molar-refractivity contribution < 1.29 is 14.3 Å². The summed E-state index contributed by atoms with van der Waals surface area (Å²) in [5, 5.41) is 0. The van der Waals surface area contributed by atoms with Crippen LogP contribution in [0.1, 0.15) is 25.3 Å². The fraction of sp³-hybridized carbons (Fsp3) is 0.435. The van der Waals surface area contributed by atoms with Crippen LogP contribution in [-0.4, -0.2) is 50.2 Å². The van der Waals surface area contributed by atoms with Gasteiger partial charge < -0.3 is 19.3 Å². The molecule has 1 heterocycles. The van der Waals surface area contributed by atoms with E-state index in [1.807, 2.05) is 61.2 Å². The number of rotatable bonds is 8. The van der Waals surface area contributed by atoms with Crippen LogP contribution < -0.4 is 14.4 Å². The van der Waals surface area contributed by atoms with Gasteiger partial charge in [-0.2, -0.15) is 0 Å². The Balaban J connectivity index is 1.42. The molecule has 0 N–H and O–H groups in total. The van der Waals surface area contributed by atoms with E-state index in [0.29, 0.717) is 19.6 Å². The smallest absolute Gasteiger partial charge is 0.222 e. The molecule has 1 fully saturated rings. The van der Waals surface area contributed by atoms with Gasteiger partial charge in [0.05, 0.1) is 18.9 Å². The van der Waals surface area contributed by atoms with Crippen LogP contribution in [0.2, 0.25) is 0 Å². The molecule has 0 saturated carbocycles. The predicted octanol–water partition coefficient (Wildman–Crippen LogP) is 3.90. The molecular formula is C23H30N2O3. The minimum atomic E-state index is 0.214. The maximum Gasteiger partial charge on any atom is 0.222 e. The first-order valence-electron chi connectivity index (χ1n) is 10.1. The van der Waals surface area contributed by atoms with Gasteiger partial charge in [-0.05, 0) is 44.0 Å². The van der Waals surface area contributed by atoms with E-state index in [9.17, 15) is 4.79 Å². The third-order valence-corrected chi connectivity index (χ3v) is 5.02. The number of carbonyl (C=O) groups excluding carboxylic acids is 1. The Labute approximate surface area is 167 Å². The lowest BCUT2D eigenvalue weighted by Gasteiger charge is -2.36. The number of benzene rings is 2. The molecule has 2 aromatic rings. The summed E-state index contributed by atoms with van der Waals surface area (Å²) in [6.07, 6.45) is 1.27. The second-order valence-electron chi connectivity index (χ2n) is 6.99. The van der Waals surface area contributed by atoms with Crippen molar-refractivity contribution in [3.05, 3.63) is 54.1 Å². The number of amides is 1. The van der Waals surface area contributed by atoms with Crippen LogP contribution in [0.15, 0.2) is 48.5 Å². The van der Waals surface area contributed by atoms with Gasteiger partial charge in [0.15, 0.2) is 0 Å². The number of para-hydroxylation sites is 3. The van der Waals surface area contributed by atoms with E-state index in [4.69, 9.17) is 9.47 Å². The molecule has 3 rings (SSSR count). The van der Waals surface area contributed by atoms with Gasteiger partial charge in [-0.1, -0.05) is 30.3 Å². The van der Waals surface area contributed by atoms with Gasteiger partial charge in [0.2, 0.25) is 5.91 Å². The fourth-order valence-corrected chi connectivity index (χ4v) is 3.47. The summed E-state index contributed by atoms with van der Waals surface area (Å²) in [4.78, 5) is 16.8. The standard InChI is InChI=1S/C23H30N2O3/c1-3-27-22-12-7-5-10-20(22)24-14-16-25(17-15-24)23(26)13-8-18-28-21-11-6-4-9-19(21)2/h4-7,9-12H,3,8,13-18H2,1-2H3. The van der Waals surface area contributed by atoms with Gasteiger partial charge in [0.1, 0.15) is 11.5 Å². The number of ether oxygens (including phenoxy) is 2. The Morgan fingerprint density at radius 3 is 2.32 bits per heavy atom. The van der Waals surface area contributed by atoms with Crippen molar-refractivity contribution in [2.75, 3.05) is 44.3 Å². The number of piperazine rings is 1. The normalized spacial score (nSPS) is 14.1. The van der Waals surface area contributed by atoms with E-state index in [-0.39, 0.29) is 5.91 Å². The van der Waals surface area contributed by atoms with Crippen molar-refractivity contribution in [2.24, 2.45) is 0 Å². The minimum Gasteiger partial charge on any atom is -0.493 e. The SMILES string of the molecule is CCOc1ccccc1N1CCN(C(=O)CCCOc2ccccc2C)CC1. The lowest BCUT2D eigenvalue weighted by molar-refractivity contribution is -0.131. The van der Waals surface area contributed by atoms with Crippen LogP contribution in [0.4, 0.5) is 5.69 Å². The van der Waals surface area contributed by atoms with Crippen LogP contribution in [0.5, 0.6) is 11.5 Å². The van der Waals surface area contributed by atoms with E-state index in [2.05, 4.69) is 11.0 Å². The van der Waals surface area contributed by atoms with Crippen molar-refractivity contribution in [1.29, 1.82) is 0 Å². The first kappa shape index (κ1) is 20.1. The van der Waals surface area contributed by atoms with E-state index in [1.54, 1.807) is 0 Å². The molecule has 0 radical (unpaired) electrons. The Hall–Kier alpha value is -2.69. The van der Waals surface area contributed by atoms with Crippen molar-refractivity contribution in [3.8, 4) is 11.5 Å². The van der Waals surface area contributed by atoms with Crippen molar-refractivity contribution in [1.82, 2.24) is 4.90 Å². The highest BCUT2D eigenvalue weighted by Crippen LogP contribution is 2.28. The van der Waals surface area contributed by atoms with Gasteiger partial charge >= 0.3 is 0 Å². The fourth-order valence-electron chi connectivity index (χ4n) is 3.47. The molecular weight excluding hydrogens is 352 g/mol. The third-order valence-electron chi connectivity index (χ3n) is 5.02. The van der Waals surface area contributed by atoms with Gasteiger partial charge in [-0.3, -0.25) is 4.79 Å². The molecule has 1 saturated heterocycles. The Morgan fingerprint density at radius 2 is 1.61 bits per heavy atom. The molecule has 2 aromatic carbocycles. The second kappa shape index (κ2) is 10.0. The van der Waals surface area contributed by atoms with Crippen molar-refractivity contribution >= 4 is 11.6 Å². The average Bonchev–Trinajstić information content (AvgIpc) is 2.73. The summed E-state index contributed by atoms with van der Waals surface area (Å²) in [7, 11) is 0. The summed E-state index contributed by atoms with van der Waals surface area (Å²) >= 11 is 0. The molecule has 0 atom stereocenters. The highest BCUT2D eigenvalue weighted by Gasteiger charge is 2.22. The average molecular weight is 383 g/mol. The molecule has 0 aromatic heterocycles. The summed E-state index contributed by atoms with van der Waals surface area (Å²) in [5.41, 5.74) is 2.24. The van der Waals surface area contributed by atoms with Crippen LogP contribution in [0.3, 0.4) is 0 Å². The zero-order valence-electron chi connectivity index (χ0n) is 16.9. The van der Waals surface area contributed by atoms with Crippen molar-refractivity contribution in [3.63, 3.8) is 0 Å².